The molecule has 0 aromatic heterocycles. The molecule has 0 spiro atoms. The highest BCUT2D eigenvalue weighted by molar-refractivity contribution is 5.84. The highest BCUT2D eigenvalue weighted by Gasteiger charge is 2.53. The molecule has 582 valence electrons. The molecule has 5 rings (SSSR count). The number of ketones is 1. The minimum atomic E-state index is -1.99. The summed E-state index contributed by atoms with van der Waals surface area (Å²) in [7, 11) is 0. The first-order valence-electron chi connectivity index (χ1n) is 37.7. The van der Waals surface area contributed by atoms with Crippen LogP contribution < -0.4 is 21.3 Å². The van der Waals surface area contributed by atoms with Crippen molar-refractivity contribution in [3.05, 3.63) is 0 Å². The molecular weight excluding hydrogens is 1310 g/mol. The lowest BCUT2D eigenvalue weighted by molar-refractivity contribution is -0.351. The SMILES string of the molecule is CCCCCCCCCCCCCCCC(=O)N[C@H]1[C@H](OCCNC(=O)CN(CC(=O)NCCCCCC(=O)CC2CCCCCCCCCCCC2)CC(=O)NCCO[C@@H]2O[C@@H](C)[C@@H](O)[C@@H](O)[C@@H]2O)O[C@H](CO[C@H]2O[C@H](CO)[C@@H](O)[C@H](O)[C@@H]2O)[C@@H](O)[C@@H]1O[C@H]1O[C@H](CO)[C@@H](O)[C@H](O)[C@@H]1O. The fourth-order valence-electron chi connectivity index (χ4n) is 13.5. The van der Waals surface area contributed by atoms with E-state index in [0.717, 1.165) is 57.8 Å². The van der Waals surface area contributed by atoms with Gasteiger partial charge in [-0.1, -0.05) is 167 Å². The van der Waals surface area contributed by atoms with Gasteiger partial charge in [0.05, 0.1) is 58.8 Å². The minimum absolute atomic E-state index is 0.00202. The van der Waals surface area contributed by atoms with Gasteiger partial charge in [0, 0.05) is 38.9 Å². The third kappa shape index (κ3) is 31.4. The molecule has 4 amide bonds. The Hall–Kier alpha value is -3.29. The lowest BCUT2D eigenvalue weighted by Gasteiger charge is -2.48. The van der Waals surface area contributed by atoms with Crippen LogP contribution in [0.15, 0.2) is 0 Å². The summed E-state index contributed by atoms with van der Waals surface area (Å²) in [6, 6.07) is -1.49. The highest BCUT2D eigenvalue weighted by atomic mass is 16.7. The van der Waals surface area contributed by atoms with Crippen molar-refractivity contribution in [3.8, 4) is 0 Å². The van der Waals surface area contributed by atoms with Crippen LogP contribution in [-0.4, -0.2) is 291 Å². The zero-order valence-corrected chi connectivity index (χ0v) is 59.4. The first kappa shape index (κ1) is 87.3. The summed E-state index contributed by atoms with van der Waals surface area (Å²) < 4.78 is 46.7. The van der Waals surface area contributed by atoms with Crippen molar-refractivity contribution in [2.75, 3.05) is 72.3 Å². The molecule has 1 aliphatic carbocycles. The lowest BCUT2D eigenvalue weighted by atomic mass is 9.89. The lowest BCUT2D eigenvalue weighted by Crippen LogP contribution is -2.68. The van der Waals surface area contributed by atoms with Gasteiger partial charge in [0.1, 0.15) is 97.3 Å². The second kappa shape index (κ2) is 49.5. The number of Topliss-reactive ketones (excluding diaryl/α,β-unsaturated/α-hetero) is 1. The fourth-order valence-corrected chi connectivity index (χ4v) is 13.5. The Balaban J connectivity index is 1.24. The van der Waals surface area contributed by atoms with Gasteiger partial charge in [-0.15, -0.1) is 0 Å². The number of carbonyl (C=O) groups excluding carboxylic acids is 5. The van der Waals surface area contributed by atoms with E-state index in [1.54, 1.807) is 0 Å². The molecule has 16 N–H and O–H groups in total. The van der Waals surface area contributed by atoms with Crippen molar-refractivity contribution in [3.63, 3.8) is 0 Å². The van der Waals surface area contributed by atoms with Crippen LogP contribution >= 0.6 is 0 Å². The summed E-state index contributed by atoms with van der Waals surface area (Å²) in [5.41, 5.74) is 0. The number of hydrogen-bond donors (Lipinski definition) is 16. The smallest absolute Gasteiger partial charge is 0.234 e. The van der Waals surface area contributed by atoms with Gasteiger partial charge in [0.15, 0.2) is 25.2 Å². The Morgan fingerprint density at radius 1 is 0.420 bits per heavy atom. The van der Waals surface area contributed by atoms with E-state index in [0.29, 0.717) is 44.4 Å². The number of amides is 4. The standard InChI is InChI=1S/C70H127N5O25/c1-3-4-5-6-7-8-9-10-11-16-19-22-27-32-51(79)74-55-66(100-70-65(92)62(89)58(85)49(43-77)98-70)59(86)50(44-95-69-64(91)61(88)57(84)48(42-76)97-69)99-67(55)93-36-34-72-53(81)40-75(41-54(82)73-35-37-94-68-63(90)60(87)56(83)45(2)96-68)39-52(80)71-33-28-23-26-31-47(78)38-46-29-24-20-17-14-12-13-15-18-21-25-30-46/h45-46,48-50,55-70,76-77,83-92H,3-44H2,1-2H3,(H,71,80)(H,72,81)(H,73,82)(H,74,79)/t45-,48+,49+,50+,55+,56+,57+,58+,59+,60+,61-,62-,63-,64-,65-,66+,67+,68+,69-,70+/m0/s1. The number of nitrogens with one attached hydrogen (secondary N) is 4. The van der Waals surface area contributed by atoms with E-state index < -0.39 is 192 Å². The zero-order chi connectivity index (χ0) is 72.8. The Kier molecular flexibility index (Phi) is 43.2. The minimum Gasteiger partial charge on any atom is -0.394 e. The second-order valence-electron chi connectivity index (χ2n) is 28.1. The Bertz CT molecular complexity index is 2240. The number of rotatable bonds is 44. The number of aliphatic hydroxyl groups excluding tert-OH is 12. The molecule has 5 aliphatic rings. The predicted octanol–water partition coefficient (Wildman–Crippen LogP) is 0.382. The monoisotopic (exact) mass is 1440 g/mol. The third-order valence-corrected chi connectivity index (χ3v) is 19.7. The fraction of sp³-hybridized carbons (Fsp3) is 0.929. The van der Waals surface area contributed by atoms with E-state index in [1.165, 1.54) is 108 Å². The Morgan fingerprint density at radius 3 is 1.36 bits per heavy atom. The van der Waals surface area contributed by atoms with Crippen molar-refractivity contribution in [2.45, 2.75) is 336 Å². The molecule has 4 saturated heterocycles. The summed E-state index contributed by atoms with van der Waals surface area (Å²) in [6.07, 6.45) is 0.470. The molecule has 5 fully saturated rings. The Labute approximate surface area is 590 Å². The zero-order valence-electron chi connectivity index (χ0n) is 59.4. The van der Waals surface area contributed by atoms with Gasteiger partial charge in [0.25, 0.3) is 0 Å². The van der Waals surface area contributed by atoms with Gasteiger partial charge in [-0.05, 0) is 32.1 Å². The van der Waals surface area contributed by atoms with E-state index in [4.69, 9.17) is 37.9 Å². The number of nitrogens with zero attached hydrogens (tertiary/aromatic N) is 1. The number of unbranched alkanes of at least 4 members (excludes halogenated alkanes) is 14. The largest absolute Gasteiger partial charge is 0.394 e. The molecule has 0 aromatic carbocycles. The molecule has 0 bridgehead atoms. The third-order valence-electron chi connectivity index (χ3n) is 19.7. The average molecular weight is 1440 g/mol. The molecule has 1 saturated carbocycles. The summed E-state index contributed by atoms with van der Waals surface area (Å²) in [6.45, 7) is -0.744. The molecule has 20 atom stereocenters. The summed E-state index contributed by atoms with van der Waals surface area (Å²) in [4.78, 5) is 69.2. The van der Waals surface area contributed by atoms with Crippen LogP contribution in [0, 0.1) is 5.92 Å². The van der Waals surface area contributed by atoms with Crippen LogP contribution in [-0.2, 0) is 61.9 Å². The summed E-state index contributed by atoms with van der Waals surface area (Å²) >= 11 is 0. The van der Waals surface area contributed by atoms with Crippen molar-refractivity contribution in [2.24, 2.45) is 5.92 Å². The van der Waals surface area contributed by atoms with Gasteiger partial charge in [0.2, 0.25) is 23.6 Å². The summed E-state index contributed by atoms with van der Waals surface area (Å²) in [5.74, 6) is -1.66. The van der Waals surface area contributed by atoms with Gasteiger partial charge < -0.3 is 120 Å². The molecule has 100 heavy (non-hydrogen) atoms. The summed E-state index contributed by atoms with van der Waals surface area (Å²) in [5, 5.41) is 138. The van der Waals surface area contributed by atoms with E-state index in [-0.39, 0.29) is 38.4 Å². The molecule has 0 radical (unpaired) electrons. The van der Waals surface area contributed by atoms with Crippen LogP contribution in [0.25, 0.3) is 0 Å². The van der Waals surface area contributed by atoms with Crippen LogP contribution in [0.4, 0.5) is 0 Å². The van der Waals surface area contributed by atoms with E-state index in [9.17, 15) is 85.3 Å². The molecule has 4 aliphatic heterocycles. The molecular formula is C70H127N5O25. The molecule has 30 heteroatoms. The maximum absolute atomic E-state index is 14.0. The van der Waals surface area contributed by atoms with Crippen LogP contribution in [0.5, 0.6) is 0 Å². The average Bonchev–Trinajstić information content (AvgIpc) is 0.783. The number of ether oxygens (including phenoxy) is 8. The van der Waals surface area contributed by atoms with Crippen LogP contribution in [0.3, 0.4) is 0 Å². The van der Waals surface area contributed by atoms with E-state index in [1.807, 2.05) is 0 Å². The number of hydrogen-bond acceptors (Lipinski definition) is 26. The van der Waals surface area contributed by atoms with Gasteiger partial charge >= 0.3 is 0 Å². The molecule has 0 unspecified atom stereocenters. The predicted molar refractivity (Wildman–Crippen MR) is 362 cm³/mol. The first-order valence-corrected chi connectivity index (χ1v) is 37.7. The Morgan fingerprint density at radius 2 is 0.840 bits per heavy atom. The van der Waals surface area contributed by atoms with Crippen LogP contribution in [0.2, 0.25) is 0 Å². The van der Waals surface area contributed by atoms with Gasteiger partial charge in [-0.3, -0.25) is 28.9 Å². The second-order valence-corrected chi connectivity index (χ2v) is 28.1. The van der Waals surface area contributed by atoms with Gasteiger partial charge in [-0.25, -0.2) is 0 Å². The molecule has 4 heterocycles. The van der Waals surface area contributed by atoms with E-state index >= 15 is 0 Å². The van der Waals surface area contributed by atoms with Crippen LogP contribution in [0.1, 0.15) is 213 Å². The number of aliphatic hydroxyl groups is 12. The normalized spacial score (nSPS) is 32.1. The maximum atomic E-state index is 14.0. The molecule has 0 aromatic rings. The highest BCUT2D eigenvalue weighted by Crippen LogP contribution is 2.33. The van der Waals surface area contributed by atoms with E-state index in [2.05, 4.69) is 28.2 Å². The topological polar surface area (TPSA) is 453 Å². The molecule has 30 nitrogen and oxygen atoms in total. The maximum Gasteiger partial charge on any atom is 0.234 e. The van der Waals surface area contributed by atoms with Crippen molar-refractivity contribution < 1.29 is 123 Å². The van der Waals surface area contributed by atoms with Crippen molar-refractivity contribution >= 4 is 29.4 Å². The van der Waals surface area contributed by atoms with Crippen molar-refractivity contribution in [1.29, 1.82) is 0 Å². The quantitative estimate of drug-likeness (QED) is 0.0367. The number of carbonyl (C=O) groups is 5. The van der Waals surface area contributed by atoms with Gasteiger partial charge in [-0.2, -0.15) is 0 Å². The first-order chi connectivity index (χ1) is 48.2. The van der Waals surface area contributed by atoms with Crippen molar-refractivity contribution in [1.82, 2.24) is 26.2 Å².